The van der Waals surface area contributed by atoms with Crippen molar-refractivity contribution in [2.45, 2.75) is 25.8 Å². The molecule has 1 amide bonds. The maximum absolute atomic E-state index is 12.5. The molecule has 2 N–H and O–H groups in total. The van der Waals surface area contributed by atoms with Gasteiger partial charge in [-0.3, -0.25) is 4.79 Å². The van der Waals surface area contributed by atoms with Crippen LogP contribution < -0.4 is 0 Å². The Bertz CT molecular complexity index is 526. The second-order valence-electron chi connectivity index (χ2n) is 5.16. The van der Waals surface area contributed by atoms with Gasteiger partial charge in [-0.25, -0.2) is 0 Å². The van der Waals surface area contributed by atoms with Crippen molar-refractivity contribution in [3.63, 3.8) is 0 Å². The second kappa shape index (κ2) is 7.09. The quantitative estimate of drug-likeness (QED) is 0.813. The molecule has 1 rings (SSSR count). The molecule has 0 spiro atoms. The minimum atomic E-state index is -0.636. The minimum absolute atomic E-state index is 0.000555. The zero-order valence-electron chi connectivity index (χ0n) is 12.2. The third-order valence-corrected chi connectivity index (χ3v) is 3.22. The van der Waals surface area contributed by atoms with Crippen LogP contribution in [0.4, 0.5) is 0 Å². The predicted molar refractivity (Wildman–Crippen MR) is 78.3 cm³/mol. The first-order valence-electron chi connectivity index (χ1n) is 6.52. The van der Waals surface area contributed by atoms with Gasteiger partial charge in [0.05, 0.1) is 24.3 Å². The lowest BCUT2D eigenvalue weighted by Crippen LogP contribution is -2.47. The Labute approximate surface area is 120 Å². The summed E-state index contributed by atoms with van der Waals surface area (Å²) in [4.78, 5) is 14.0. The Morgan fingerprint density at radius 3 is 2.55 bits per heavy atom. The first-order chi connectivity index (χ1) is 9.44. The Balaban J connectivity index is 3.08. The first kappa shape index (κ1) is 16.2. The standard InChI is InChI=1S/C16H21NO3/c1-16(2,12-19)17(3)15(20)14-10-5-4-8-13(14)9-6-7-11-18/h4-5,8,10,18-19H,7,11-12H2,1-3H3. The lowest BCUT2D eigenvalue weighted by Gasteiger charge is -2.34. The van der Waals surface area contributed by atoms with Crippen LogP contribution in [0.3, 0.4) is 0 Å². The summed E-state index contributed by atoms with van der Waals surface area (Å²) in [5.41, 5.74) is 0.497. The number of hydrogen-bond donors (Lipinski definition) is 2. The molecule has 0 aliphatic heterocycles. The largest absolute Gasteiger partial charge is 0.395 e. The number of carbonyl (C=O) groups is 1. The molecule has 4 heteroatoms. The van der Waals surface area contributed by atoms with E-state index in [9.17, 15) is 9.90 Å². The van der Waals surface area contributed by atoms with Gasteiger partial charge in [0, 0.05) is 19.0 Å². The van der Waals surface area contributed by atoms with E-state index in [2.05, 4.69) is 11.8 Å². The molecule has 0 saturated heterocycles. The van der Waals surface area contributed by atoms with Crippen molar-refractivity contribution in [2.24, 2.45) is 0 Å². The average Bonchev–Trinajstić information content (AvgIpc) is 2.46. The smallest absolute Gasteiger partial charge is 0.255 e. The number of benzene rings is 1. The number of rotatable bonds is 4. The Morgan fingerprint density at radius 2 is 1.95 bits per heavy atom. The summed E-state index contributed by atoms with van der Waals surface area (Å²) in [6, 6.07) is 7.09. The van der Waals surface area contributed by atoms with Gasteiger partial charge >= 0.3 is 0 Å². The van der Waals surface area contributed by atoms with Gasteiger partial charge in [-0.05, 0) is 26.0 Å². The molecule has 0 aromatic heterocycles. The highest BCUT2D eigenvalue weighted by molar-refractivity contribution is 5.97. The van der Waals surface area contributed by atoms with Crippen LogP contribution in [0.1, 0.15) is 36.2 Å². The maximum Gasteiger partial charge on any atom is 0.255 e. The summed E-state index contributed by atoms with van der Waals surface area (Å²) in [5, 5.41) is 18.1. The molecule has 0 radical (unpaired) electrons. The summed E-state index contributed by atoms with van der Waals surface area (Å²) in [7, 11) is 1.66. The predicted octanol–water partition coefficient (Wildman–Crippen LogP) is 1.26. The molecule has 0 unspecified atom stereocenters. The van der Waals surface area contributed by atoms with Gasteiger partial charge < -0.3 is 15.1 Å². The fraction of sp³-hybridized carbons (Fsp3) is 0.438. The van der Waals surface area contributed by atoms with Crippen LogP contribution in [-0.2, 0) is 0 Å². The van der Waals surface area contributed by atoms with Gasteiger partial charge in [0.2, 0.25) is 0 Å². The molecule has 0 saturated carbocycles. The van der Waals surface area contributed by atoms with E-state index in [4.69, 9.17) is 5.11 Å². The molecule has 0 aliphatic carbocycles. The molecule has 1 aromatic carbocycles. The van der Waals surface area contributed by atoms with E-state index in [1.54, 1.807) is 39.1 Å². The molecule has 20 heavy (non-hydrogen) atoms. The highest BCUT2D eigenvalue weighted by Gasteiger charge is 2.28. The van der Waals surface area contributed by atoms with Crippen molar-refractivity contribution in [2.75, 3.05) is 20.3 Å². The molecular weight excluding hydrogens is 254 g/mol. The third-order valence-electron chi connectivity index (χ3n) is 3.22. The Kier molecular flexibility index (Phi) is 5.75. The van der Waals surface area contributed by atoms with Crippen molar-refractivity contribution in [1.29, 1.82) is 0 Å². The van der Waals surface area contributed by atoms with Crippen molar-refractivity contribution in [3.8, 4) is 11.8 Å². The van der Waals surface area contributed by atoms with Crippen LogP contribution in [0.2, 0.25) is 0 Å². The lowest BCUT2D eigenvalue weighted by molar-refractivity contribution is 0.0473. The number of aliphatic hydroxyl groups excluding tert-OH is 2. The maximum atomic E-state index is 12.5. The van der Waals surface area contributed by atoms with E-state index in [0.717, 1.165) is 0 Å². The highest BCUT2D eigenvalue weighted by Crippen LogP contribution is 2.17. The lowest BCUT2D eigenvalue weighted by atomic mass is 10.0. The van der Waals surface area contributed by atoms with Crippen molar-refractivity contribution >= 4 is 5.91 Å². The fourth-order valence-corrected chi connectivity index (χ4v) is 1.55. The van der Waals surface area contributed by atoms with Gasteiger partial charge in [0.25, 0.3) is 5.91 Å². The summed E-state index contributed by atoms with van der Waals surface area (Å²) in [5.74, 6) is 5.54. The summed E-state index contributed by atoms with van der Waals surface area (Å²) in [6.07, 6.45) is 0.375. The normalized spacial score (nSPS) is 10.7. The summed E-state index contributed by atoms with van der Waals surface area (Å²) in [6.45, 7) is 3.48. The molecule has 4 nitrogen and oxygen atoms in total. The van der Waals surface area contributed by atoms with Crippen LogP contribution >= 0.6 is 0 Å². The molecule has 0 atom stereocenters. The number of carbonyl (C=O) groups excluding carboxylic acids is 1. The zero-order chi connectivity index (χ0) is 15.2. The van der Waals surface area contributed by atoms with Gasteiger partial charge in [-0.1, -0.05) is 24.0 Å². The summed E-state index contributed by atoms with van der Waals surface area (Å²) >= 11 is 0. The van der Waals surface area contributed by atoms with Gasteiger partial charge in [-0.2, -0.15) is 0 Å². The average molecular weight is 275 g/mol. The molecule has 108 valence electrons. The van der Waals surface area contributed by atoms with Crippen molar-refractivity contribution < 1.29 is 15.0 Å². The summed E-state index contributed by atoms with van der Waals surface area (Å²) < 4.78 is 0. The van der Waals surface area contributed by atoms with Crippen LogP contribution in [0, 0.1) is 11.8 Å². The van der Waals surface area contributed by atoms with E-state index < -0.39 is 5.54 Å². The Morgan fingerprint density at radius 1 is 1.30 bits per heavy atom. The number of hydrogen-bond acceptors (Lipinski definition) is 3. The van der Waals surface area contributed by atoms with Gasteiger partial charge in [0.15, 0.2) is 0 Å². The number of nitrogens with zero attached hydrogens (tertiary/aromatic N) is 1. The van der Waals surface area contributed by atoms with Crippen molar-refractivity contribution in [1.82, 2.24) is 4.90 Å². The van der Waals surface area contributed by atoms with Crippen molar-refractivity contribution in [3.05, 3.63) is 35.4 Å². The number of likely N-dealkylation sites (N-methyl/N-ethyl adjacent to an activating group) is 1. The van der Waals surface area contributed by atoms with Crippen LogP contribution in [0.5, 0.6) is 0 Å². The SMILES string of the molecule is CN(C(=O)c1ccccc1C#CCCO)C(C)(C)CO. The molecule has 0 bridgehead atoms. The molecule has 0 heterocycles. The van der Waals surface area contributed by atoms with E-state index in [-0.39, 0.29) is 19.1 Å². The molecule has 1 aromatic rings. The van der Waals surface area contributed by atoms with Crippen LogP contribution in [-0.4, -0.2) is 46.8 Å². The topological polar surface area (TPSA) is 60.8 Å². The van der Waals surface area contributed by atoms with E-state index in [1.165, 1.54) is 4.90 Å². The minimum Gasteiger partial charge on any atom is -0.395 e. The van der Waals surface area contributed by atoms with E-state index >= 15 is 0 Å². The first-order valence-corrected chi connectivity index (χ1v) is 6.52. The van der Waals surface area contributed by atoms with Crippen LogP contribution in [0.25, 0.3) is 0 Å². The third kappa shape index (κ3) is 3.83. The second-order valence-corrected chi connectivity index (χ2v) is 5.16. The van der Waals surface area contributed by atoms with E-state index in [1.807, 2.05) is 6.07 Å². The molecule has 0 aliphatic rings. The number of amides is 1. The van der Waals surface area contributed by atoms with Crippen LogP contribution in [0.15, 0.2) is 24.3 Å². The highest BCUT2D eigenvalue weighted by atomic mass is 16.3. The zero-order valence-corrected chi connectivity index (χ0v) is 12.2. The fourth-order valence-electron chi connectivity index (χ4n) is 1.55. The van der Waals surface area contributed by atoms with Gasteiger partial charge in [-0.15, -0.1) is 0 Å². The number of aliphatic hydroxyl groups is 2. The van der Waals surface area contributed by atoms with Gasteiger partial charge in [0.1, 0.15) is 0 Å². The molecular formula is C16H21NO3. The monoisotopic (exact) mass is 275 g/mol. The van der Waals surface area contributed by atoms with E-state index in [0.29, 0.717) is 17.5 Å². The molecule has 0 fully saturated rings. The Hall–Kier alpha value is -1.83.